The number of sulfonamides is 1. The number of fused-ring (bicyclic) bond motifs is 1. The van der Waals surface area contributed by atoms with Crippen molar-refractivity contribution in [1.29, 1.82) is 0 Å². The average molecular weight is 668 g/mol. The van der Waals surface area contributed by atoms with E-state index >= 15 is 0 Å². The van der Waals surface area contributed by atoms with Gasteiger partial charge in [-0.05, 0) is 61.2 Å². The van der Waals surface area contributed by atoms with Crippen molar-refractivity contribution < 1.29 is 32.6 Å². The molecule has 2 aromatic carbocycles. The zero-order chi connectivity index (χ0) is 34.3. The lowest BCUT2D eigenvalue weighted by molar-refractivity contribution is -0.138. The van der Waals surface area contributed by atoms with E-state index in [0.717, 1.165) is 5.56 Å². The smallest absolute Gasteiger partial charge is 0.323 e. The SMILES string of the molecule is CNC(=O)CCCOc1cc(C)c(S(=O)(=O)NC(CNC(=O)c2cn(C)c3cc(CNc4ncc[nH]4)ccc3c2=O)C(=O)O)c(C)c1. The first-order chi connectivity index (χ1) is 22.3. The Bertz CT molecular complexity index is 1930. The highest BCUT2D eigenvalue weighted by molar-refractivity contribution is 7.89. The normalized spacial score (nSPS) is 12.0. The molecule has 1 atom stereocenters. The third-order valence-corrected chi connectivity index (χ3v) is 9.09. The number of carboxylic acids is 1. The predicted molar refractivity (Wildman–Crippen MR) is 174 cm³/mol. The van der Waals surface area contributed by atoms with Gasteiger partial charge in [-0.2, -0.15) is 4.72 Å². The molecule has 4 rings (SSSR count). The number of amides is 2. The number of hydrogen-bond acceptors (Lipinski definition) is 9. The lowest BCUT2D eigenvalue weighted by Crippen LogP contribution is -2.49. The highest BCUT2D eigenvalue weighted by atomic mass is 32.2. The number of carbonyl (C=O) groups excluding carboxylic acids is 2. The molecule has 2 heterocycles. The molecule has 1 unspecified atom stereocenters. The maximum atomic E-state index is 13.3. The summed E-state index contributed by atoms with van der Waals surface area (Å²) < 4.78 is 36.1. The first kappa shape index (κ1) is 34.6. The van der Waals surface area contributed by atoms with Gasteiger partial charge in [0.2, 0.25) is 21.4 Å². The molecule has 2 aromatic heterocycles. The number of imidazole rings is 1. The van der Waals surface area contributed by atoms with Crippen molar-refractivity contribution in [2.45, 2.75) is 44.2 Å². The first-order valence-corrected chi connectivity index (χ1v) is 16.1. The number of carboxylic acid groups (broad SMARTS) is 1. The number of rotatable bonds is 15. The number of aliphatic carboxylic acids is 1. The molecule has 250 valence electrons. The number of aryl methyl sites for hydroxylation is 3. The van der Waals surface area contributed by atoms with Gasteiger partial charge in [0.15, 0.2) is 5.95 Å². The Kier molecular flexibility index (Phi) is 11.0. The van der Waals surface area contributed by atoms with Gasteiger partial charge in [-0.1, -0.05) is 6.07 Å². The van der Waals surface area contributed by atoms with E-state index in [1.54, 1.807) is 56.1 Å². The van der Waals surface area contributed by atoms with Crippen LogP contribution in [0.1, 0.15) is 39.9 Å². The number of ether oxygens (including phenoxy) is 1. The van der Waals surface area contributed by atoms with Crippen LogP contribution in [0.3, 0.4) is 0 Å². The van der Waals surface area contributed by atoms with Gasteiger partial charge in [0.25, 0.3) is 5.91 Å². The molecule has 0 bridgehead atoms. The number of nitrogens with zero attached hydrogens (tertiary/aromatic N) is 2. The molecule has 0 saturated carbocycles. The van der Waals surface area contributed by atoms with Gasteiger partial charge >= 0.3 is 5.97 Å². The lowest BCUT2D eigenvalue weighted by atomic mass is 10.1. The van der Waals surface area contributed by atoms with E-state index in [1.165, 1.54) is 25.4 Å². The van der Waals surface area contributed by atoms with Crippen LogP contribution >= 0.6 is 0 Å². The lowest BCUT2D eigenvalue weighted by Gasteiger charge is -2.19. The maximum Gasteiger partial charge on any atom is 0.323 e. The minimum absolute atomic E-state index is 0.123. The average Bonchev–Trinajstić information content (AvgIpc) is 3.55. The van der Waals surface area contributed by atoms with Crippen molar-refractivity contribution in [1.82, 2.24) is 29.9 Å². The molecule has 0 aliphatic carbocycles. The molecule has 47 heavy (non-hydrogen) atoms. The molecule has 0 spiro atoms. The highest BCUT2D eigenvalue weighted by Gasteiger charge is 2.29. The quantitative estimate of drug-likeness (QED) is 0.101. The fraction of sp³-hybridized carbons (Fsp3) is 0.323. The number of aromatic amines is 1. The summed E-state index contributed by atoms with van der Waals surface area (Å²) >= 11 is 0. The summed E-state index contributed by atoms with van der Waals surface area (Å²) in [4.78, 5) is 56.7. The summed E-state index contributed by atoms with van der Waals surface area (Å²) in [6.45, 7) is 3.14. The molecule has 0 saturated heterocycles. The Morgan fingerprint density at radius 1 is 1.13 bits per heavy atom. The standard InChI is InChI=1S/C31H37N7O8S/c1-18-12-21(46-11-5-6-26(39)32-3)13-19(2)28(18)47(44,45)37-24(30(42)43)16-35-29(41)23-17-38(4)25-14-20(7-8-22(25)27(23)40)15-36-31-33-9-10-34-31/h7-10,12-14,17,24,37H,5-6,11,15-16H2,1-4H3,(H,32,39)(H,35,41)(H,42,43)(H2,33,34,36). The third-order valence-electron chi connectivity index (χ3n) is 7.32. The minimum atomic E-state index is -4.37. The van der Waals surface area contributed by atoms with Crippen LogP contribution in [0.2, 0.25) is 0 Å². The molecule has 15 nitrogen and oxygen atoms in total. The van der Waals surface area contributed by atoms with E-state index in [1.807, 2.05) is 0 Å². The van der Waals surface area contributed by atoms with Crippen LogP contribution in [-0.4, -0.2) is 72.1 Å². The summed E-state index contributed by atoms with van der Waals surface area (Å²) in [7, 11) is -1.16. The molecular weight excluding hydrogens is 630 g/mol. The van der Waals surface area contributed by atoms with Gasteiger partial charge in [-0.25, -0.2) is 13.4 Å². The minimum Gasteiger partial charge on any atom is -0.494 e. The highest BCUT2D eigenvalue weighted by Crippen LogP contribution is 2.26. The molecule has 6 N–H and O–H groups in total. The van der Waals surface area contributed by atoms with Crippen molar-refractivity contribution >= 4 is 44.7 Å². The van der Waals surface area contributed by atoms with Gasteiger partial charge in [-0.3, -0.25) is 19.2 Å². The first-order valence-electron chi connectivity index (χ1n) is 14.6. The molecule has 0 aliphatic heterocycles. The van der Waals surface area contributed by atoms with Crippen LogP contribution in [0.15, 0.2) is 58.6 Å². The van der Waals surface area contributed by atoms with Crippen molar-refractivity contribution in [3.63, 3.8) is 0 Å². The van der Waals surface area contributed by atoms with Crippen LogP contribution in [0.25, 0.3) is 10.9 Å². The molecule has 0 radical (unpaired) electrons. The van der Waals surface area contributed by atoms with Gasteiger partial charge in [0.1, 0.15) is 17.4 Å². The van der Waals surface area contributed by atoms with E-state index < -0.39 is 39.9 Å². The number of anilines is 1. The van der Waals surface area contributed by atoms with Crippen molar-refractivity contribution in [3.8, 4) is 5.75 Å². The third kappa shape index (κ3) is 8.53. The maximum absolute atomic E-state index is 13.3. The van der Waals surface area contributed by atoms with Crippen molar-refractivity contribution in [3.05, 3.63) is 81.4 Å². The van der Waals surface area contributed by atoms with E-state index in [4.69, 9.17) is 4.74 Å². The van der Waals surface area contributed by atoms with Gasteiger partial charge in [0, 0.05) is 57.6 Å². The molecular formula is C31H37N7O8S. The number of benzene rings is 2. The summed E-state index contributed by atoms with van der Waals surface area (Å²) in [5.74, 6) is -1.51. The number of H-pyrrole nitrogens is 1. The molecule has 16 heteroatoms. The topological polar surface area (TPSA) is 214 Å². The van der Waals surface area contributed by atoms with Crippen LogP contribution in [-0.2, 0) is 33.2 Å². The molecule has 2 amide bonds. The molecule has 0 aliphatic rings. The Morgan fingerprint density at radius 3 is 2.49 bits per heavy atom. The zero-order valence-corrected chi connectivity index (χ0v) is 27.2. The number of hydrogen-bond donors (Lipinski definition) is 6. The van der Waals surface area contributed by atoms with E-state index in [9.17, 15) is 32.7 Å². The number of carbonyl (C=O) groups is 3. The Labute approximate surface area is 270 Å². The molecule has 0 fully saturated rings. The summed E-state index contributed by atoms with van der Waals surface area (Å²) in [5, 5.41) is 18.1. The molecule has 4 aromatic rings. The van der Waals surface area contributed by atoms with Crippen molar-refractivity contribution in [2.75, 3.05) is 25.5 Å². The fourth-order valence-corrected chi connectivity index (χ4v) is 6.67. The van der Waals surface area contributed by atoms with Gasteiger partial charge in [-0.15, -0.1) is 0 Å². The van der Waals surface area contributed by atoms with Crippen LogP contribution < -0.4 is 30.8 Å². The van der Waals surface area contributed by atoms with Gasteiger partial charge in [0.05, 0.1) is 17.0 Å². The van der Waals surface area contributed by atoms with Crippen LogP contribution in [0.4, 0.5) is 5.95 Å². The van der Waals surface area contributed by atoms with Crippen LogP contribution in [0, 0.1) is 13.8 Å². The Hall–Kier alpha value is -5.22. The second-order valence-corrected chi connectivity index (χ2v) is 12.5. The number of aromatic nitrogens is 3. The second-order valence-electron chi connectivity index (χ2n) is 10.9. The second kappa shape index (κ2) is 14.9. The van der Waals surface area contributed by atoms with E-state index in [0.29, 0.717) is 41.3 Å². The number of nitrogens with one attached hydrogen (secondary N) is 5. The Morgan fingerprint density at radius 2 is 1.85 bits per heavy atom. The predicted octanol–water partition coefficient (Wildman–Crippen LogP) is 1.56. The summed E-state index contributed by atoms with van der Waals surface area (Å²) in [6.07, 6.45) is 5.39. The van der Waals surface area contributed by atoms with E-state index in [-0.39, 0.29) is 34.8 Å². The fourth-order valence-electron chi connectivity index (χ4n) is 5.03. The largest absolute Gasteiger partial charge is 0.494 e. The number of pyridine rings is 1. The summed E-state index contributed by atoms with van der Waals surface area (Å²) in [5.41, 5.74) is 1.27. The van der Waals surface area contributed by atoms with Gasteiger partial charge < -0.3 is 35.3 Å². The van der Waals surface area contributed by atoms with E-state index in [2.05, 4.69) is 30.6 Å². The van der Waals surface area contributed by atoms with Crippen molar-refractivity contribution in [2.24, 2.45) is 7.05 Å². The van der Waals surface area contributed by atoms with Crippen LogP contribution in [0.5, 0.6) is 5.75 Å². The monoisotopic (exact) mass is 667 g/mol. The zero-order valence-electron chi connectivity index (χ0n) is 26.3. The Balaban J connectivity index is 1.44. The summed E-state index contributed by atoms with van der Waals surface area (Å²) in [6, 6.07) is 6.43.